The van der Waals surface area contributed by atoms with Crippen molar-refractivity contribution in [1.29, 1.82) is 0 Å². The molecule has 0 aliphatic heterocycles. The van der Waals surface area contributed by atoms with Crippen molar-refractivity contribution in [3.8, 4) is 0 Å². The van der Waals surface area contributed by atoms with Crippen molar-refractivity contribution in [2.24, 2.45) is 0 Å². The summed E-state index contributed by atoms with van der Waals surface area (Å²) in [6, 6.07) is 19.6. The molecule has 0 aliphatic rings. The third kappa shape index (κ3) is 2.90. The van der Waals surface area contributed by atoms with E-state index in [-0.39, 0.29) is 0 Å². The minimum absolute atomic E-state index is 1.29. The number of fused-ring (bicyclic) bond motifs is 2. The van der Waals surface area contributed by atoms with E-state index in [2.05, 4.69) is 87.5 Å². The minimum atomic E-state index is 1.29. The molecule has 0 nitrogen and oxygen atoms in total. The Hall–Kier alpha value is -2.34. The lowest BCUT2D eigenvalue weighted by molar-refractivity contribution is 1.36. The average molecular weight is 272 g/mol. The molecule has 0 aromatic heterocycles. The van der Waals surface area contributed by atoms with Gasteiger partial charge in [-0.25, -0.2) is 0 Å². The van der Waals surface area contributed by atoms with Gasteiger partial charge < -0.3 is 0 Å². The summed E-state index contributed by atoms with van der Waals surface area (Å²) in [6.45, 7) is 6.43. The average Bonchev–Trinajstić information content (AvgIpc) is 2.45. The Morgan fingerprint density at radius 1 is 0.762 bits per heavy atom. The van der Waals surface area contributed by atoms with Crippen molar-refractivity contribution in [3.05, 3.63) is 77.4 Å². The molecule has 0 radical (unpaired) electrons. The molecular weight excluding hydrogens is 252 g/mol. The van der Waals surface area contributed by atoms with E-state index in [0.717, 1.165) is 0 Å². The fourth-order valence-corrected chi connectivity index (χ4v) is 2.86. The summed E-state index contributed by atoms with van der Waals surface area (Å²) in [4.78, 5) is 0. The molecule has 3 aromatic rings. The molecule has 0 heteroatoms. The summed E-state index contributed by atoms with van der Waals surface area (Å²) in [5, 5.41) is 5.21. The van der Waals surface area contributed by atoms with Crippen LogP contribution in [0.1, 0.15) is 26.3 Å². The molecule has 0 N–H and O–H groups in total. The second kappa shape index (κ2) is 5.57. The van der Waals surface area contributed by atoms with Gasteiger partial charge in [-0.3, -0.25) is 0 Å². The number of benzene rings is 3. The highest BCUT2D eigenvalue weighted by Gasteiger charge is 2.01. The Labute approximate surface area is 126 Å². The summed E-state index contributed by atoms with van der Waals surface area (Å²) in [5.41, 5.74) is 3.90. The third-order valence-corrected chi connectivity index (χ3v) is 3.68. The second-order valence-electron chi connectivity index (χ2n) is 5.88. The Kier molecular flexibility index (Phi) is 3.62. The maximum absolute atomic E-state index is 2.30. The van der Waals surface area contributed by atoms with E-state index in [9.17, 15) is 0 Å². The van der Waals surface area contributed by atoms with E-state index in [1.165, 1.54) is 38.3 Å². The van der Waals surface area contributed by atoms with Crippen LogP contribution in [0.4, 0.5) is 0 Å². The van der Waals surface area contributed by atoms with Crippen molar-refractivity contribution >= 4 is 27.6 Å². The van der Waals surface area contributed by atoms with Gasteiger partial charge in [0.1, 0.15) is 0 Å². The fraction of sp³-hybridized carbons (Fsp3) is 0.143. The molecule has 104 valence electrons. The lowest BCUT2D eigenvalue weighted by Gasteiger charge is -2.06. The first-order chi connectivity index (χ1) is 10.1. The van der Waals surface area contributed by atoms with Crippen LogP contribution in [0.2, 0.25) is 0 Å². The Bertz CT molecular complexity index is 859. The lowest BCUT2D eigenvalue weighted by Crippen LogP contribution is -1.82. The molecule has 0 bridgehead atoms. The standard InChI is InChI=1S/C21H20/c1-15(2)11-16(3)12-19-9-6-10-20-13-17-7-4-5-8-18(17)14-21(19)20/h4-14H,1-3H3. The zero-order valence-electron chi connectivity index (χ0n) is 12.9. The summed E-state index contributed by atoms with van der Waals surface area (Å²) >= 11 is 0. The zero-order valence-corrected chi connectivity index (χ0v) is 12.9. The Morgan fingerprint density at radius 2 is 1.43 bits per heavy atom. The highest BCUT2D eigenvalue weighted by Crippen LogP contribution is 2.27. The first-order valence-electron chi connectivity index (χ1n) is 7.38. The molecule has 0 heterocycles. The van der Waals surface area contributed by atoms with E-state index in [0.29, 0.717) is 0 Å². The Balaban J connectivity index is 2.24. The van der Waals surface area contributed by atoms with Crippen LogP contribution in [0.25, 0.3) is 27.6 Å². The second-order valence-corrected chi connectivity index (χ2v) is 5.88. The first-order valence-corrected chi connectivity index (χ1v) is 7.38. The van der Waals surface area contributed by atoms with E-state index >= 15 is 0 Å². The molecule has 0 saturated heterocycles. The van der Waals surface area contributed by atoms with Crippen molar-refractivity contribution < 1.29 is 0 Å². The van der Waals surface area contributed by atoms with E-state index in [1.54, 1.807) is 0 Å². The molecule has 0 amide bonds. The largest absolute Gasteiger partial charge is 0.0762 e. The van der Waals surface area contributed by atoms with E-state index in [1.807, 2.05) is 0 Å². The molecule has 0 spiro atoms. The van der Waals surface area contributed by atoms with Gasteiger partial charge in [0.15, 0.2) is 0 Å². The predicted molar refractivity (Wildman–Crippen MR) is 94.5 cm³/mol. The van der Waals surface area contributed by atoms with Crippen LogP contribution < -0.4 is 0 Å². The van der Waals surface area contributed by atoms with E-state index in [4.69, 9.17) is 0 Å². The smallest absolute Gasteiger partial charge is 0.0105 e. The van der Waals surface area contributed by atoms with Gasteiger partial charge in [-0.05, 0) is 60.0 Å². The van der Waals surface area contributed by atoms with Gasteiger partial charge in [0.2, 0.25) is 0 Å². The molecule has 0 atom stereocenters. The lowest BCUT2D eigenvalue weighted by atomic mass is 9.98. The van der Waals surface area contributed by atoms with Gasteiger partial charge >= 0.3 is 0 Å². The third-order valence-electron chi connectivity index (χ3n) is 3.68. The molecular formula is C21H20. The van der Waals surface area contributed by atoms with Gasteiger partial charge in [0.25, 0.3) is 0 Å². The van der Waals surface area contributed by atoms with Crippen LogP contribution in [-0.4, -0.2) is 0 Å². The van der Waals surface area contributed by atoms with Crippen molar-refractivity contribution in [3.63, 3.8) is 0 Å². The van der Waals surface area contributed by atoms with Gasteiger partial charge in [-0.2, -0.15) is 0 Å². The van der Waals surface area contributed by atoms with Gasteiger partial charge in [-0.1, -0.05) is 65.8 Å². The quantitative estimate of drug-likeness (QED) is 0.376. The van der Waals surface area contributed by atoms with Gasteiger partial charge in [0.05, 0.1) is 0 Å². The maximum atomic E-state index is 2.30. The number of hydrogen-bond acceptors (Lipinski definition) is 0. The Morgan fingerprint density at radius 3 is 2.14 bits per heavy atom. The molecule has 3 aromatic carbocycles. The number of rotatable bonds is 2. The van der Waals surface area contributed by atoms with Crippen LogP contribution in [0.3, 0.4) is 0 Å². The SMILES string of the molecule is CC(C)=CC(C)=Cc1cccc2cc3ccccc3cc12. The van der Waals surface area contributed by atoms with Crippen molar-refractivity contribution in [2.45, 2.75) is 20.8 Å². The highest BCUT2D eigenvalue weighted by molar-refractivity contribution is 6.01. The van der Waals surface area contributed by atoms with Crippen molar-refractivity contribution in [2.75, 3.05) is 0 Å². The molecule has 21 heavy (non-hydrogen) atoms. The monoisotopic (exact) mass is 272 g/mol. The summed E-state index contributed by atoms with van der Waals surface area (Å²) < 4.78 is 0. The first kappa shape index (κ1) is 13.6. The van der Waals surface area contributed by atoms with Crippen molar-refractivity contribution in [1.82, 2.24) is 0 Å². The summed E-state index contributed by atoms with van der Waals surface area (Å²) in [7, 11) is 0. The topological polar surface area (TPSA) is 0 Å². The molecule has 0 aliphatic carbocycles. The summed E-state index contributed by atoms with van der Waals surface area (Å²) in [6.07, 6.45) is 4.49. The highest BCUT2D eigenvalue weighted by atomic mass is 14.1. The van der Waals surface area contributed by atoms with E-state index < -0.39 is 0 Å². The van der Waals surface area contributed by atoms with Crippen LogP contribution >= 0.6 is 0 Å². The molecule has 0 unspecified atom stereocenters. The molecule has 3 rings (SSSR count). The molecule has 0 fully saturated rings. The fourth-order valence-electron chi connectivity index (χ4n) is 2.86. The maximum Gasteiger partial charge on any atom is -0.0105 e. The van der Waals surface area contributed by atoms with Gasteiger partial charge in [0, 0.05) is 0 Å². The minimum Gasteiger partial charge on any atom is -0.0762 e. The predicted octanol–water partition coefficient (Wildman–Crippen LogP) is 6.36. The number of hydrogen-bond donors (Lipinski definition) is 0. The van der Waals surface area contributed by atoms with Crippen LogP contribution in [0.15, 0.2) is 71.8 Å². The number of allylic oxidation sites excluding steroid dienone is 3. The van der Waals surface area contributed by atoms with Crippen LogP contribution in [0, 0.1) is 0 Å². The molecule has 0 saturated carbocycles. The zero-order chi connectivity index (χ0) is 14.8. The van der Waals surface area contributed by atoms with Crippen LogP contribution in [-0.2, 0) is 0 Å². The van der Waals surface area contributed by atoms with Crippen LogP contribution in [0.5, 0.6) is 0 Å². The normalized spacial score (nSPS) is 11.9. The van der Waals surface area contributed by atoms with Gasteiger partial charge in [-0.15, -0.1) is 0 Å². The summed E-state index contributed by atoms with van der Waals surface area (Å²) in [5.74, 6) is 0.